The molecule has 0 spiro atoms. The normalized spacial score (nSPS) is 15.7. The van der Waals surface area contributed by atoms with Gasteiger partial charge in [-0.1, -0.05) is 12.1 Å². The van der Waals surface area contributed by atoms with E-state index in [1.807, 2.05) is 0 Å². The van der Waals surface area contributed by atoms with E-state index in [2.05, 4.69) is 20.3 Å². The lowest BCUT2D eigenvalue weighted by Crippen LogP contribution is -2.39. The van der Waals surface area contributed by atoms with E-state index in [1.54, 1.807) is 6.07 Å². The van der Waals surface area contributed by atoms with Crippen LogP contribution >= 0.6 is 0 Å². The van der Waals surface area contributed by atoms with Crippen LogP contribution in [0.25, 0.3) is 0 Å². The van der Waals surface area contributed by atoms with Gasteiger partial charge in [0.05, 0.1) is 0 Å². The molecule has 1 aromatic carbocycles. The zero-order valence-corrected chi connectivity index (χ0v) is 15.6. The number of benzene rings is 1. The Bertz CT molecular complexity index is 662. The molecule has 10 heteroatoms. The molecule has 2 amide bonds. The van der Waals surface area contributed by atoms with E-state index in [0.717, 1.165) is 31.5 Å². The number of alkyl carbamates (subject to hydrolysis) is 1. The van der Waals surface area contributed by atoms with Gasteiger partial charge in [-0.25, -0.2) is 4.79 Å². The van der Waals surface area contributed by atoms with Gasteiger partial charge in [0.15, 0.2) is 6.61 Å². The Morgan fingerprint density at radius 3 is 2.61 bits per heavy atom. The minimum Gasteiger partial charge on any atom is -0.439 e. The molecule has 1 aliphatic heterocycles. The van der Waals surface area contributed by atoms with Crippen molar-refractivity contribution in [2.75, 3.05) is 33.3 Å². The Morgan fingerprint density at radius 2 is 1.96 bits per heavy atom. The standard InChI is InChI=1S/C18H24F3N3O4/c1-22-16(25)12-27-17(26)23-10-13-5-7-24(8-6-13)11-14-3-2-4-15(9-14)28-18(19,20)21/h2-4,9,13H,5-8,10-12H2,1H3,(H,22,25)(H,23,26). The highest BCUT2D eigenvalue weighted by atomic mass is 19.4. The van der Waals surface area contributed by atoms with Crippen molar-refractivity contribution in [2.24, 2.45) is 5.92 Å². The summed E-state index contributed by atoms with van der Waals surface area (Å²) in [4.78, 5) is 24.7. The summed E-state index contributed by atoms with van der Waals surface area (Å²) in [5.74, 6) is -0.323. The fourth-order valence-corrected chi connectivity index (χ4v) is 2.93. The fourth-order valence-electron chi connectivity index (χ4n) is 2.93. The summed E-state index contributed by atoms with van der Waals surface area (Å²) < 4.78 is 45.7. The molecule has 7 nitrogen and oxygen atoms in total. The summed E-state index contributed by atoms with van der Waals surface area (Å²) in [7, 11) is 1.46. The SMILES string of the molecule is CNC(=O)COC(=O)NCC1CCN(Cc2cccc(OC(F)(F)F)c2)CC1. The van der Waals surface area contributed by atoms with Crippen molar-refractivity contribution < 1.29 is 32.2 Å². The molecule has 0 radical (unpaired) electrons. The molecule has 1 fully saturated rings. The van der Waals surface area contributed by atoms with Gasteiger partial charge < -0.3 is 20.1 Å². The van der Waals surface area contributed by atoms with Crippen molar-refractivity contribution in [3.63, 3.8) is 0 Å². The van der Waals surface area contributed by atoms with E-state index in [9.17, 15) is 22.8 Å². The molecule has 0 bridgehead atoms. The molecule has 1 heterocycles. The second-order valence-corrected chi connectivity index (χ2v) is 6.54. The first kappa shape index (κ1) is 21.8. The Balaban J connectivity index is 1.70. The summed E-state index contributed by atoms with van der Waals surface area (Å²) in [6.07, 6.45) is -3.65. The van der Waals surface area contributed by atoms with Gasteiger partial charge in [-0.2, -0.15) is 0 Å². The zero-order valence-electron chi connectivity index (χ0n) is 15.6. The van der Waals surface area contributed by atoms with Crippen LogP contribution in [0.3, 0.4) is 0 Å². The Kier molecular flexibility index (Phi) is 7.91. The van der Waals surface area contributed by atoms with Crippen LogP contribution in [-0.2, 0) is 16.1 Å². The summed E-state index contributed by atoms with van der Waals surface area (Å²) in [5, 5.41) is 4.99. The summed E-state index contributed by atoms with van der Waals surface area (Å²) in [6.45, 7) is 2.20. The number of nitrogens with zero attached hydrogens (tertiary/aromatic N) is 1. The Morgan fingerprint density at radius 1 is 1.25 bits per heavy atom. The highest BCUT2D eigenvalue weighted by Gasteiger charge is 2.31. The highest BCUT2D eigenvalue weighted by Crippen LogP contribution is 2.25. The van der Waals surface area contributed by atoms with E-state index in [-0.39, 0.29) is 24.2 Å². The maximum absolute atomic E-state index is 12.3. The number of piperidine rings is 1. The number of amides is 2. The van der Waals surface area contributed by atoms with Crippen LogP contribution in [0.5, 0.6) is 5.75 Å². The molecule has 28 heavy (non-hydrogen) atoms. The predicted octanol–water partition coefficient (Wildman–Crippen LogP) is 2.27. The van der Waals surface area contributed by atoms with E-state index in [4.69, 9.17) is 4.74 Å². The monoisotopic (exact) mass is 403 g/mol. The number of hydrogen-bond donors (Lipinski definition) is 2. The van der Waals surface area contributed by atoms with Crippen molar-refractivity contribution in [1.82, 2.24) is 15.5 Å². The predicted molar refractivity (Wildman–Crippen MR) is 94.5 cm³/mol. The second kappa shape index (κ2) is 10.2. The average Bonchev–Trinajstić information content (AvgIpc) is 2.64. The van der Waals surface area contributed by atoms with Crippen LogP contribution in [0.2, 0.25) is 0 Å². The summed E-state index contributed by atoms with van der Waals surface area (Å²) >= 11 is 0. The summed E-state index contributed by atoms with van der Waals surface area (Å²) in [5.41, 5.74) is 0.746. The minimum absolute atomic E-state index is 0.223. The van der Waals surface area contributed by atoms with Crippen LogP contribution in [0.15, 0.2) is 24.3 Å². The molecule has 2 N–H and O–H groups in total. The third-order valence-corrected chi connectivity index (χ3v) is 4.39. The van der Waals surface area contributed by atoms with Crippen LogP contribution in [0.1, 0.15) is 18.4 Å². The smallest absolute Gasteiger partial charge is 0.439 e. The zero-order chi connectivity index (χ0) is 20.6. The first-order chi connectivity index (χ1) is 13.2. The van der Waals surface area contributed by atoms with Gasteiger partial charge in [0, 0.05) is 20.1 Å². The molecule has 1 aromatic rings. The van der Waals surface area contributed by atoms with Gasteiger partial charge in [-0.3, -0.25) is 9.69 Å². The maximum Gasteiger partial charge on any atom is 0.573 e. The lowest BCUT2D eigenvalue weighted by molar-refractivity contribution is -0.274. The molecule has 0 aromatic heterocycles. The second-order valence-electron chi connectivity index (χ2n) is 6.54. The largest absolute Gasteiger partial charge is 0.573 e. The third kappa shape index (κ3) is 8.03. The molecule has 0 unspecified atom stereocenters. The van der Waals surface area contributed by atoms with Gasteiger partial charge in [0.1, 0.15) is 5.75 Å². The van der Waals surface area contributed by atoms with E-state index >= 15 is 0 Å². The van der Waals surface area contributed by atoms with E-state index in [0.29, 0.717) is 13.1 Å². The molecule has 1 saturated heterocycles. The van der Waals surface area contributed by atoms with Gasteiger partial charge in [0.25, 0.3) is 5.91 Å². The maximum atomic E-state index is 12.3. The molecule has 156 valence electrons. The molecular weight excluding hydrogens is 379 g/mol. The topological polar surface area (TPSA) is 79.9 Å². The third-order valence-electron chi connectivity index (χ3n) is 4.39. The van der Waals surface area contributed by atoms with E-state index in [1.165, 1.54) is 25.2 Å². The highest BCUT2D eigenvalue weighted by molar-refractivity contribution is 5.79. The number of halogens is 3. The lowest BCUT2D eigenvalue weighted by Gasteiger charge is -2.32. The van der Waals surface area contributed by atoms with Crippen molar-refractivity contribution in [3.8, 4) is 5.75 Å². The van der Waals surface area contributed by atoms with Crippen molar-refractivity contribution >= 4 is 12.0 Å². The molecule has 2 rings (SSSR count). The minimum atomic E-state index is -4.70. The fraction of sp³-hybridized carbons (Fsp3) is 0.556. The number of likely N-dealkylation sites (tertiary alicyclic amines) is 1. The van der Waals surface area contributed by atoms with Gasteiger partial charge >= 0.3 is 12.5 Å². The number of nitrogens with one attached hydrogen (secondary N) is 2. The number of ether oxygens (including phenoxy) is 2. The van der Waals surface area contributed by atoms with Gasteiger partial charge in [0.2, 0.25) is 0 Å². The number of carbonyl (C=O) groups excluding carboxylic acids is 2. The first-order valence-electron chi connectivity index (χ1n) is 8.93. The number of hydrogen-bond acceptors (Lipinski definition) is 5. The number of likely N-dealkylation sites (N-methyl/N-ethyl adjacent to an activating group) is 1. The van der Waals surface area contributed by atoms with E-state index < -0.39 is 12.5 Å². The van der Waals surface area contributed by atoms with Crippen molar-refractivity contribution in [1.29, 1.82) is 0 Å². The number of carbonyl (C=O) groups is 2. The van der Waals surface area contributed by atoms with Crippen molar-refractivity contribution in [3.05, 3.63) is 29.8 Å². The molecule has 0 saturated carbocycles. The summed E-state index contributed by atoms with van der Waals surface area (Å²) in [6, 6.07) is 5.97. The number of rotatable bonds is 7. The quantitative estimate of drug-likeness (QED) is 0.730. The Hall–Kier alpha value is -2.49. The van der Waals surface area contributed by atoms with Gasteiger partial charge in [-0.05, 0) is 49.5 Å². The van der Waals surface area contributed by atoms with Crippen LogP contribution in [-0.4, -0.2) is 56.6 Å². The van der Waals surface area contributed by atoms with Gasteiger partial charge in [-0.15, -0.1) is 13.2 Å². The number of alkyl halides is 3. The van der Waals surface area contributed by atoms with Crippen LogP contribution < -0.4 is 15.4 Å². The molecular formula is C18H24F3N3O4. The van der Waals surface area contributed by atoms with Crippen LogP contribution in [0.4, 0.5) is 18.0 Å². The molecule has 0 atom stereocenters. The lowest BCUT2D eigenvalue weighted by atomic mass is 9.96. The van der Waals surface area contributed by atoms with Crippen LogP contribution in [0, 0.1) is 5.92 Å². The average molecular weight is 403 g/mol. The molecule has 1 aliphatic rings. The molecule has 0 aliphatic carbocycles. The first-order valence-corrected chi connectivity index (χ1v) is 8.93. The Labute approximate surface area is 161 Å². The van der Waals surface area contributed by atoms with Crippen molar-refractivity contribution in [2.45, 2.75) is 25.7 Å².